The summed E-state index contributed by atoms with van der Waals surface area (Å²) in [6, 6.07) is 0. The minimum Gasteiger partial charge on any atom is -0.444 e. The summed E-state index contributed by atoms with van der Waals surface area (Å²) in [5, 5.41) is 3.25. The fourth-order valence-electron chi connectivity index (χ4n) is 1.65. The lowest BCUT2D eigenvalue weighted by Gasteiger charge is -2.26. The molecule has 0 atom stereocenters. The number of nitrogens with one attached hydrogen (secondary N) is 1. The first-order valence-corrected chi connectivity index (χ1v) is 7.57. The molecule has 0 aromatic rings. The number of guanidine groups is 1. The zero-order valence-electron chi connectivity index (χ0n) is 14.7. The van der Waals surface area contributed by atoms with E-state index in [1.165, 1.54) is 0 Å². The van der Waals surface area contributed by atoms with Crippen LogP contribution in [0.3, 0.4) is 0 Å². The van der Waals surface area contributed by atoms with E-state index in [-0.39, 0.29) is 6.09 Å². The van der Waals surface area contributed by atoms with Gasteiger partial charge in [0.05, 0.1) is 0 Å². The van der Waals surface area contributed by atoms with Crippen molar-refractivity contribution in [3.05, 3.63) is 0 Å². The molecule has 0 radical (unpaired) electrons. The Morgan fingerprint density at radius 1 is 1.19 bits per heavy atom. The van der Waals surface area contributed by atoms with Gasteiger partial charge < -0.3 is 19.9 Å². The van der Waals surface area contributed by atoms with Gasteiger partial charge in [-0.2, -0.15) is 0 Å². The number of rotatable bonds is 6. The van der Waals surface area contributed by atoms with Gasteiger partial charge in [0, 0.05) is 40.8 Å². The zero-order valence-corrected chi connectivity index (χ0v) is 14.7. The van der Waals surface area contributed by atoms with Crippen LogP contribution in [-0.2, 0) is 4.74 Å². The molecule has 1 amide bonds. The summed E-state index contributed by atoms with van der Waals surface area (Å²) in [6.07, 6.45) is 1.98. The second-order valence-electron chi connectivity index (χ2n) is 6.15. The van der Waals surface area contributed by atoms with Gasteiger partial charge >= 0.3 is 6.09 Å². The molecular formula is C15H32N4O2. The monoisotopic (exact) mass is 300 g/mol. The maximum Gasteiger partial charge on any atom is 0.410 e. The first-order chi connectivity index (χ1) is 9.71. The summed E-state index contributed by atoms with van der Waals surface area (Å²) in [5.41, 5.74) is -0.463. The van der Waals surface area contributed by atoms with Gasteiger partial charge in [0.1, 0.15) is 5.60 Å². The highest BCUT2D eigenvalue weighted by atomic mass is 16.6. The van der Waals surface area contributed by atoms with Crippen LogP contribution in [0.4, 0.5) is 4.79 Å². The highest BCUT2D eigenvalue weighted by Gasteiger charge is 2.19. The molecule has 0 aromatic carbocycles. The Bertz CT molecular complexity index is 337. The van der Waals surface area contributed by atoms with Crippen LogP contribution in [0.1, 0.15) is 40.5 Å². The summed E-state index contributed by atoms with van der Waals surface area (Å²) in [4.78, 5) is 19.7. The predicted octanol–water partition coefficient (Wildman–Crippen LogP) is 2.16. The molecule has 0 bridgehead atoms. The topological polar surface area (TPSA) is 57.2 Å². The smallest absolute Gasteiger partial charge is 0.410 e. The minimum absolute atomic E-state index is 0.307. The van der Waals surface area contributed by atoms with Gasteiger partial charge in [-0.25, -0.2) is 4.79 Å². The molecule has 0 fully saturated rings. The molecule has 0 aromatic heterocycles. The number of hydrogen-bond donors (Lipinski definition) is 1. The number of aliphatic imine (C=N–C) groups is 1. The lowest BCUT2D eigenvalue weighted by molar-refractivity contribution is 0.0302. The molecule has 124 valence electrons. The molecule has 0 aliphatic rings. The van der Waals surface area contributed by atoms with Crippen LogP contribution in [0.5, 0.6) is 0 Å². The van der Waals surface area contributed by atoms with Gasteiger partial charge in [-0.15, -0.1) is 0 Å². The van der Waals surface area contributed by atoms with E-state index >= 15 is 0 Å². The van der Waals surface area contributed by atoms with E-state index < -0.39 is 5.60 Å². The lowest BCUT2D eigenvalue weighted by atomic mass is 10.2. The summed E-state index contributed by atoms with van der Waals surface area (Å²) in [5.74, 6) is 0.848. The summed E-state index contributed by atoms with van der Waals surface area (Å²) in [7, 11) is 5.52. The van der Waals surface area contributed by atoms with E-state index in [1.54, 1.807) is 19.0 Å². The standard InChI is InChI=1S/C15H32N4O2/c1-8-9-11-18(6)13(16-5)17-10-12-19(7)14(20)21-15(2,3)4/h8-12H2,1-7H3,(H,16,17). The van der Waals surface area contributed by atoms with E-state index in [1.807, 2.05) is 27.8 Å². The fourth-order valence-corrected chi connectivity index (χ4v) is 1.65. The van der Waals surface area contributed by atoms with Crippen molar-refractivity contribution in [2.45, 2.75) is 46.1 Å². The number of hydrogen-bond acceptors (Lipinski definition) is 3. The first-order valence-electron chi connectivity index (χ1n) is 7.57. The normalized spacial score (nSPS) is 12.0. The quantitative estimate of drug-likeness (QED) is 0.603. The largest absolute Gasteiger partial charge is 0.444 e. The van der Waals surface area contributed by atoms with Gasteiger partial charge in [0.25, 0.3) is 0 Å². The molecule has 21 heavy (non-hydrogen) atoms. The molecule has 0 aliphatic carbocycles. The van der Waals surface area contributed by atoms with Gasteiger partial charge in [-0.05, 0) is 27.2 Å². The maximum absolute atomic E-state index is 11.8. The van der Waals surface area contributed by atoms with Crippen molar-refractivity contribution in [3.8, 4) is 0 Å². The van der Waals surface area contributed by atoms with E-state index in [4.69, 9.17) is 4.74 Å². The first kappa shape index (κ1) is 19.5. The fraction of sp³-hybridized carbons (Fsp3) is 0.867. The Balaban J connectivity index is 4.13. The van der Waals surface area contributed by atoms with Crippen molar-refractivity contribution < 1.29 is 9.53 Å². The molecule has 0 rings (SSSR count). The average molecular weight is 300 g/mol. The Morgan fingerprint density at radius 3 is 2.29 bits per heavy atom. The molecule has 0 saturated heterocycles. The summed E-state index contributed by atoms with van der Waals surface area (Å²) >= 11 is 0. The highest BCUT2D eigenvalue weighted by Crippen LogP contribution is 2.08. The second kappa shape index (κ2) is 9.47. The van der Waals surface area contributed by atoms with Crippen LogP contribution in [0, 0.1) is 0 Å². The van der Waals surface area contributed by atoms with Crippen LogP contribution in [0.2, 0.25) is 0 Å². The Morgan fingerprint density at radius 2 is 1.81 bits per heavy atom. The Kier molecular flexibility index (Phi) is 8.81. The van der Waals surface area contributed by atoms with Crippen molar-refractivity contribution in [1.29, 1.82) is 0 Å². The molecule has 0 aliphatic heterocycles. The number of carbonyl (C=O) groups is 1. The van der Waals surface area contributed by atoms with Crippen LogP contribution >= 0.6 is 0 Å². The lowest BCUT2D eigenvalue weighted by Crippen LogP contribution is -2.44. The van der Waals surface area contributed by atoms with Gasteiger partial charge in [0.2, 0.25) is 0 Å². The number of amides is 1. The summed E-state index contributed by atoms with van der Waals surface area (Å²) < 4.78 is 5.30. The molecular weight excluding hydrogens is 268 g/mol. The number of ether oxygens (including phenoxy) is 1. The SMILES string of the molecule is CCCCN(C)C(=NC)NCCN(C)C(=O)OC(C)(C)C. The van der Waals surface area contributed by atoms with Crippen LogP contribution < -0.4 is 5.32 Å². The number of likely N-dealkylation sites (N-methyl/N-ethyl adjacent to an activating group) is 1. The molecule has 1 N–H and O–H groups in total. The second-order valence-corrected chi connectivity index (χ2v) is 6.15. The Labute approximate surface area is 129 Å². The van der Waals surface area contributed by atoms with Crippen molar-refractivity contribution >= 4 is 12.1 Å². The van der Waals surface area contributed by atoms with Crippen LogP contribution in [0.25, 0.3) is 0 Å². The highest BCUT2D eigenvalue weighted by molar-refractivity contribution is 5.79. The van der Waals surface area contributed by atoms with E-state index in [9.17, 15) is 4.79 Å². The molecule has 0 saturated carbocycles. The molecule has 6 heteroatoms. The maximum atomic E-state index is 11.8. The van der Waals surface area contributed by atoms with Crippen molar-refractivity contribution in [2.75, 3.05) is 40.8 Å². The molecule has 0 spiro atoms. The van der Waals surface area contributed by atoms with Crippen molar-refractivity contribution in [1.82, 2.24) is 15.1 Å². The third-order valence-electron chi connectivity index (χ3n) is 2.86. The van der Waals surface area contributed by atoms with Crippen molar-refractivity contribution in [3.63, 3.8) is 0 Å². The number of carbonyl (C=O) groups excluding carboxylic acids is 1. The van der Waals surface area contributed by atoms with Gasteiger partial charge in [-0.1, -0.05) is 13.3 Å². The van der Waals surface area contributed by atoms with E-state index in [0.29, 0.717) is 13.1 Å². The predicted molar refractivity (Wildman–Crippen MR) is 87.8 cm³/mol. The van der Waals surface area contributed by atoms with Crippen LogP contribution in [0.15, 0.2) is 4.99 Å². The van der Waals surface area contributed by atoms with Gasteiger partial charge in [0.15, 0.2) is 5.96 Å². The molecule has 6 nitrogen and oxygen atoms in total. The van der Waals surface area contributed by atoms with E-state index in [2.05, 4.69) is 22.1 Å². The Hall–Kier alpha value is -1.46. The third kappa shape index (κ3) is 9.15. The number of nitrogens with zero attached hydrogens (tertiary/aromatic N) is 3. The van der Waals surface area contributed by atoms with Crippen molar-refractivity contribution in [2.24, 2.45) is 4.99 Å². The molecule has 0 heterocycles. The minimum atomic E-state index is -0.463. The van der Waals surface area contributed by atoms with E-state index in [0.717, 1.165) is 25.3 Å². The molecule has 0 unspecified atom stereocenters. The number of unbranched alkanes of at least 4 members (excludes halogenated alkanes) is 1. The zero-order chi connectivity index (χ0) is 16.5. The van der Waals surface area contributed by atoms with Gasteiger partial charge in [-0.3, -0.25) is 4.99 Å². The summed E-state index contributed by atoms with van der Waals surface area (Å²) in [6.45, 7) is 9.93. The third-order valence-corrected chi connectivity index (χ3v) is 2.86. The average Bonchev–Trinajstić information content (AvgIpc) is 2.38. The van der Waals surface area contributed by atoms with Crippen LogP contribution in [-0.4, -0.2) is 68.2 Å².